The normalized spacial score (nSPS) is 11.3. The lowest BCUT2D eigenvalue weighted by Gasteiger charge is -2.18. The molecule has 0 saturated heterocycles. The quantitative estimate of drug-likeness (QED) is 0.834. The maximum atomic E-state index is 10.8. The maximum Gasteiger partial charge on any atom is 0.319 e. The first-order valence-corrected chi connectivity index (χ1v) is 5.77. The molecule has 82 valence electrons. The Balaban J connectivity index is 2.37. The van der Waals surface area contributed by atoms with Gasteiger partial charge in [0.25, 0.3) is 0 Å². The number of nitrogens with zero attached hydrogens (tertiary/aromatic N) is 1. The molecule has 1 aromatic rings. The first-order chi connectivity index (χ1) is 7.02. The fraction of sp³-hybridized carbons (Fsp3) is 0.455. The molecule has 0 bridgehead atoms. The first kappa shape index (κ1) is 12.0. The zero-order chi connectivity index (χ0) is 11.3. The van der Waals surface area contributed by atoms with Crippen molar-refractivity contribution in [3.8, 4) is 0 Å². The van der Waals surface area contributed by atoms with E-state index < -0.39 is 10.7 Å². The third-order valence-corrected chi connectivity index (χ3v) is 3.42. The number of carboxylic acid groups (broad SMARTS) is 1. The van der Waals surface area contributed by atoms with E-state index in [1.165, 1.54) is 17.3 Å². The Hall–Kier alpha value is -1.03. The van der Waals surface area contributed by atoms with Gasteiger partial charge in [-0.2, -0.15) is 0 Å². The Morgan fingerprint density at radius 1 is 1.47 bits per heavy atom. The van der Waals surface area contributed by atoms with Gasteiger partial charge in [-0.3, -0.25) is 9.78 Å². The number of pyridine rings is 1. The zero-order valence-electron chi connectivity index (χ0n) is 8.93. The van der Waals surface area contributed by atoms with E-state index >= 15 is 0 Å². The summed E-state index contributed by atoms with van der Waals surface area (Å²) in [6.07, 6.45) is 4.38. The molecule has 0 fully saturated rings. The van der Waals surface area contributed by atoms with Gasteiger partial charge in [0.15, 0.2) is 0 Å². The fourth-order valence-electron chi connectivity index (χ4n) is 1.04. The molecule has 3 nitrogen and oxygen atoms in total. The Bertz CT molecular complexity index is 325. The lowest BCUT2D eigenvalue weighted by Crippen LogP contribution is -2.27. The Labute approximate surface area is 93.9 Å². The highest BCUT2D eigenvalue weighted by molar-refractivity contribution is 8.01. The summed E-state index contributed by atoms with van der Waals surface area (Å²) in [6.45, 7) is 3.46. The molecule has 1 aromatic heterocycles. The average molecular weight is 225 g/mol. The molecule has 0 atom stereocenters. The number of carboxylic acids is 1. The molecule has 4 heteroatoms. The summed E-state index contributed by atoms with van der Waals surface area (Å²) >= 11 is 1.46. The van der Waals surface area contributed by atoms with Crippen LogP contribution in [0.5, 0.6) is 0 Å². The average Bonchev–Trinajstić information content (AvgIpc) is 2.19. The van der Waals surface area contributed by atoms with Gasteiger partial charge in [0.1, 0.15) is 4.75 Å². The molecule has 0 spiro atoms. The summed E-state index contributed by atoms with van der Waals surface area (Å²) < 4.78 is -0.701. The highest BCUT2D eigenvalue weighted by Gasteiger charge is 2.26. The van der Waals surface area contributed by atoms with Crippen LogP contribution in [0.1, 0.15) is 19.4 Å². The highest BCUT2D eigenvalue weighted by atomic mass is 32.2. The van der Waals surface area contributed by atoms with Crippen LogP contribution in [-0.4, -0.2) is 26.6 Å². The molecule has 0 aromatic carbocycles. The van der Waals surface area contributed by atoms with E-state index in [0.29, 0.717) is 0 Å². The van der Waals surface area contributed by atoms with Crippen LogP contribution in [0.2, 0.25) is 0 Å². The molecule has 15 heavy (non-hydrogen) atoms. The van der Waals surface area contributed by atoms with Gasteiger partial charge in [-0.05, 0) is 43.7 Å². The van der Waals surface area contributed by atoms with Gasteiger partial charge in [0.2, 0.25) is 0 Å². The van der Waals surface area contributed by atoms with Crippen LogP contribution in [0.3, 0.4) is 0 Å². The van der Waals surface area contributed by atoms with Crippen molar-refractivity contribution in [1.82, 2.24) is 4.98 Å². The number of aryl methyl sites for hydroxylation is 1. The molecule has 0 aliphatic rings. The largest absolute Gasteiger partial charge is 0.480 e. The predicted octanol–water partition coefficient (Wildman–Crippen LogP) is 2.22. The van der Waals surface area contributed by atoms with Gasteiger partial charge in [-0.15, -0.1) is 11.8 Å². The summed E-state index contributed by atoms with van der Waals surface area (Å²) in [7, 11) is 0. The van der Waals surface area contributed by atoms with Crippen LogP contribution >= 0.6 is 11.8 Å². The minimum atomic E-state index is -0.762. The van der Waals surface area contributed by atoms with Crippen LogP contribution in [0.25, 0.3) is 0 Å². The van der Waals surface area contributed by atoms with Crippen molar-refractivity contribution >= 4 is 17.7 Å². The predicted molar refractivity (Wildman–Crippen MR) is 62.1 cm³/mol. The van der Waals surface area contributed by atoms with Gasteiger partial charge >= 0.3 is 5.97 Å². The van der Waals surface area contributed by atoms with E-state index in [2.05, 4.69) is 4.98 Å². The lowest BCUT2D eigenvalue weighted by molar-refractivity contribution is -0.138. The standard InChI is InChI=1S/C11H15NO2S/c1-11(2,10(13)14)15-8-5-9-3-6-12-7-4-9/h3-4,6-7H,5,8H2,1-2H3,(H,13,14). The monoisotopic (exact) mass is 225 g/mol. The number of hydrogen-bond donors (Lipinski definition) is 1. The highest BCUT2D eigenvalue weighted by Crippen LogP contribution is 2.25. The molecule has 1 rings (SSSR count). The van der Waals surface area contributed by atoms with Crippen LogP contribution in [0, 0.1) is 0 Å². The van der Waals surface area contributed by atoms with Gasteiger partial charge in [-0.25, -0.2) is 0 Å². The first-order valence-electron chi connectivity index (χ1n) is 4.78. The molecular weight excluding hydrogens is 210 g/mol. The fourth-order valence-corrected chi connectivity index (χ4v) is 2.01. The van der Waals surface area contributed by atoms with Gasteiger partial charge < -0.3 is 5.11 Å². The molecular formula is C11H15NO2S. The van der Waals surface area contributed by atoms with Crippen molar-refractivity contribution in [3.63, 3.8) is 0 Å². The molecule has 1 heterocycles. The number of thioether (sulfide) groups is 1. The van der Waals surface area contributed by atoms with E-state index in [4.69, 9.17) is 5.11 Å². The van der Waals surface area contributed by atoms with E-state index in [9.17, 15) is 4.79 Å². The van der Waals surface area contributed by atoms with E-state index in [0.717, 1.165) is 12.2 Å². The molecule has 0 aliphatic heterocycles. The third-order valence-electron chi connectivity index (χ3n) is 2.12. The van der Waals surface area contributed by atoms with Crippen LogP contribution in [0.15, 0.2) is 24.5 Å². The van der Waals surface area contributed by atoms with Crippen molar-refractivity contribution < 1.29 is 9.90 Å². The zero-order valence-corrected chi connectivity index (χ0v) is 9.75. The number of hydrogen-bond acceptors (Lipinski definition) is 3. The molecule has 0 amide bonds. The number of carbonyl (C=O) groups is 1. The topological polar surface area (TPSA) is 50.2 Å². The Morgan fingerprint density at radius 3 is 2.60 bits per heavy atom. The SMILES string of the molecule is CC(C)(SCCc1ccncc1)C(=O)O. The second-order valence-corrected chi connectivity index (χ2v) is 5.49. The summed E-state index contributed by atoms with van der Waals surface area (Å²) in [5, 5.41) is 8.91. The molecule has 0 saturated carbocycles. The number of aliphatic carboxylic acids is 1. The molecule has 0 aliphatic carbocycles. The van der Waals surface area contributed by atoms with Crippen molar-refractivity contribution in [3.05, 3.63) is 30.1 Å². The summed E-state index contributed by atoms with van der Waals surface area (Å²) in [5.74, 6) is 0.0470. The Morgan fingerprint density at radius 2 is 2.07 bits per heavy atom. The lowest BCUT2D eigenvalue weighted by atomic mass is 10.2. The van der Waals surface area contributed by atoms with Crippen molar-refractivity contribution in [2.24, 2.45) is 0 Å². The third kappa shape index (κ3) is 3.91. The number of aromatic nitrogens is 1. The second kappa shape index (κ2) is 5.16. The second-order valence-electron chi connectivity index (χ2n) is 3.77. The van der Waals surface area contributed by atoms with Crippen LogP contribution in [-0.2, 0) is 11.2 Å². The minimum Gasteiger partial charge on any atom is -0.480 e. The maximum absolute atomic E-state index is 10.8. The van der Waals surface area contributed by atoms with E-state index in [1.54, 1.807) is 26.2 Å². The van der Waals surface area contributed by atoms with Crippen molar-refractivity contribution in [2.75, 3.05) is 5.75 Å². The summed E-state index contributed by atoms with van der Waals surface area (Å²) in [4.78, 5) is 14.8. The van der Waals surface area contributed by atoms with Gasteiger partial charge in [-0.1, -0.05) is 0 Å². The number of rotatable bonds is 5. The van der Waals surface area contributed by atoms with Gasteiger partial charge in [0, 0.05) is 12.4 Å². The van der Waals surface area contributed by atoms with Crippen molar-refractivity contribution in [2.45, 2.75) is 25.0 Å². The molecule has 0 unspecified atom stereocenters. The van der Waals surface area contributed by atoms with E-state index in [1.807, 2.05) is 12.1 Å². The van der Waals surface area contributed by atoms with Crippen molar-refractivity contribution in [1.29, 1.82) is 0 Å². The Kier molecular flexibility index (Phi) is 4.15. The van der Waals surface area contributed by atoms with Crippen LogP contribution < -0.4 is 0 Å². The smallest absolute Gasteiger partial charge is 0.319 e. The van der Waals surface area contributed by atoms with Crippen LogP contribution in [0.4, 0.5) is 0 Å². The summed E-state index contributed by atoms with van der Waals surface area (Å²) in [6, 6.07) is 3.91. The summed E-state index contributed by atoms with van der Waals surface area (Å²) in [5.41, 5.74) is 1.19. The molecule has 1 N–H and O–H groups in total. The van der Waals surface area contributed by atoms with Gasteiger partial charge in [0.05, 0.1) is 0 Å². The minimum absolute atomic E-state index is 0.701. The van der Waals surface area contributed by atoms with E-state index in [-0.39, 0.29) is 0 Å². The molecule has 0 radical (unpaired) electrons.